The summed E-state index contributed by atoms with van der Waals surface area (Å²) in [5.74, 6) is 0.391. The van der Waals surface area contributed by atoms with Gasteiger partial charge in [-0.2, -0.15) is 0 Å². The lowest BCUT2D eigenvalue weighted by Crippen LogP contribution is -2.38. The number of pyridine rings is 1. The molecule has 0 aliphatic heterocycles. The Morgan fingerprint density at radius 2 is 2.29 bits per heavy atom. The summed E-state index contributed by atoms with van der Waals surface area (Å²) < 4.78 is 0.879. The van der Waals surface area contributed by atoms with Crippen LogP contribution in [-0.4, -0.2) is 16.4 Å². The van der Waals surface area contributed by atoms with Crippen LogP contribution in [0.2, 0.25) is 0 Å². The number of amides is 1. The van der Waals surface area contributed by atoms with E-state index in [-0.39, 0.29) is 5.91 Å². The van der Waals surface area contributed by atoms with E-state index >= 15 is 0 Å². The maximum Gasteiger partial charge on any atom is 0.245 e. The first-order chi connectivity index (χ1) is 6.60. The zero-order chi connectivity index (χ0) is 10.2. The van der Waals surface area contributed by atoms with Crippen molar-refractivity contribution in [3.8, 4) is 0 Å². The second kappa shape index (κ2) is 3.33. The Morgan fingerprint density at radius 3 is 2.79 bits per heavy atom. The number of nitrogens with two attached hydrogens (primary N) is 1. The van der Waals surface area contributed by atoms with E-state index in [9.17, 15) is 4.79 Å². The van der Waals surface area contributed by atoms with Crippen LogP contribution in [0, 0.1) is 0 Å². The van der Waals surface area contributed by atoms with Crippen LogP contribution in [0.1, 0.15) is 12.8 Å². The molecule has 1 aliphatic rings. The summed E-state index contributed by atoms with van der Waals surface area (Å²) in [6, 6.07) is 3.55. The van der Waals surface area contributed by atoms with Gasteiger partial charge < -0.3 is 11.1 Å². The fraction of sp³-hybridized carbons (Fsp3) is 0.333. The lowest BCUT2D eigenvalue weighted by molar-refractivity contribution is -0.118. The Labute approximate surface area is 90.0 Å². The van der Waals surface area contributed by atoms with Crippen LogP contribution < -0.4 is 11.1 Å². The van der Waals surface area contributed by atoms with E-state index in [2.05, 4.69) is 26.2 Å². The molecule has 1 fully saturated rings. The quantitative estimate of drug-likeness (QED) is 0.837. The standard InChI is InChI=1S/C9H10BrN3O/c10-6-1-2-7(12-5-6)13-8(14)9(11)3-4-9/h1-2,5H,3-4,11H2,(H,12,13,14). The molecule has 0 atom stereocenters. The fourth-order valence-electron chi connectivity index (χ4n) is 1.05. The van der Waals surface area contributed by atoms with Crippen molar-refractivity contribution >= 4 is 27.7 Å². The van der Waals surface area contributed by atoms with E-state index in [1.807, 2.05) is 6.07 Å². The van der Waals surface area contributed by atoms with Crippen molar-refractivity contribution in [3.05, 3.63) is 22.8 Å². The molecule has 0 unspecified atom stereocenters. The molecule has 74 valence electrons. The van der Waals surface area contributed by atoms with E-state index in [1.165, 1.54) is 0 Å². The van der Waals surface area contributed by atoms with Gasteiger partial charge in [0.1, 0.15) is 5.82 Å². The van der Waals surface area contributed by atoms with Crippen LogP contribution in [0.5, 0.6) is 0 Å². The molecule has 0 saturated heterocycles. The van der Waals surface area contributed by atoms with Crippen LogP contribution in [0.25, 0.3) is 0 Å². The lowest BCUT2D eigenvalue weighted by atomic mass is 10.3. The average molecular weight is 256 g/mol. The summed E-state index contributed by atoms with van der Waals surface area (Å²) in [5, 5.41) is 2.68. The first-order valence-electron chi connectivity index (χ1n) is 4.32. The lowest BCUT2D eigenvalue weighted by Gasteiger charge is -2.08. The first kappa shape index (κ1) is 9.61. The third-order valence-corrected chi connectivity index (χ3v) is 2.68. The molecule has 0 aromatic carbocycles. The molecule has 1 heterocycles. The Balaban J connectivity index is 2.04. The predicted molar refractivity (Wildman–Crippen MR) is 56.7 cm³/mol. The van der Waals surface area contributed by atoms with Gasteiger partial charge in [0.25, 0.3) is 0 Å². The van der Waals surface area contributed by atoms with Gasteiger partial charge in [0, 0.05) is 10.7 Å². The highest BCUT2D eigenvalue weighted by molar-refractivity contribution is 9.10. The summed E-state index contributed by atoms with van der Waals surface area (Å²) in [6.45, 7) is 0. The van der Waals surface area contributed by atoms with Crippen molar-refractivity contribution in [2.45, 2.75) is 18.4 Å². The molecule has 0 bridgehead atoms. The highest BCUT2D eigenvalue weighted by Crippen LogP contribution is 2.33. The van der Waals surface area contributed by atoms with Gasteiger partial charge in [-0.05, 0) is 40.9 Å². The summed E-state index contributed by atoms with van der Waals surface area (Å²) in [6.07, 6.45) is 3.15. The SMILES string of the molecule is NC1(C(=O)Nc2ccc(Br)cn2)CC1. The molecule has 1 aromatic rings. The molecule has 1 aromatic heterocycles. The minimum absolute atomic E-state index is 0.146. The Hall–Kier alpha value is -0.940. The van der Waals surface area contributed by atoms with E-state index in [0.717, 1.165) is 17.3 Å². The topological polar surface area (TPSA) is 68.0 Å². The number of nitrogens with zero attached hydrogens (tertiary/aromatic N) is 1. The number of rotatable bonds is 2. The van der Waals surface area contributed by atoms with Gasteiger partial charge in [0.05, 0.1) is 5.54 Å². The summed E-state index contributed by atoms with van der Waals surface area (Å²) in [7, 11) is 0. The molecule has 5 heteroatoms. The van der Waals surface area contributed by atoms with Gasteiger partial charge in [-0.1, -0.05) is 0 Å². The van der Waals surface area contributed by atoms with E-state index < -0.39 is 5.54 Å². The smallest absolute Gasteiger partial charge is 0.245 e. The second-order valence-corrected chi connectivity index (χ2v) is 4.39. The number of nitrogens with one attached hydrogen (secondary N) is 1. The van der Waals surface area contributed by atoms with Crippen LogP contribution in [-0.2, 0) is 4.79 Å². The number of hydrogen-bond acceptors (Lipinski definition) is 3. The Bertz CT molecular complexity index is 359. The maximum absolute atomic E-state index is 11.5. The summed E-state index contributed by atoms with van der Waals surface area (Å²) in [4.78, 5) is 15.5. The van der Waals surface area contributed by atoms with Crippen LogP contribution >= 0.6 is 15.9 Å². The summed E-state index contributed by atoms with van der Waals surface area (Å²) >= 11 is 3.26. The Morgan fingerprint density at radius 1 is 1.57 bits per heavy atom. The van der Waals surface area contributed by atoms with Crippen molar-refractivity contribution in [2.24, 2.45) is 5.73 Å². The average Bonchev–Trinajstić information content (AvgIpc) is 2.89. The number of halogens is 1. The van der Waals surface area contributed by atoms with Crippen LogP contribution in [0.3, 0.4) is 0 Å². The molecule has 0 spiro atoms. The number of aromatic nitrogens is 1. The monoisotopic (exact) mass is 255 g/mol. The molecular weight excluding hydrogens is 246 g/mol. The van der Waals surface area contributed by atoms with Gasteiger partial charge in [0.2, 0.25) is 5.91 Å². The molecule has 1 saturated carbocycles. The van der Waals surface area contributed by atoms with E-state index in [0.29, 0.717) is 5.82 Å². The van der Waals surface area contributed by atoms with E-state index in [1.54, 1.807) is 12.3 Å². The summed E-state index contributed by atoms with van der Waals surface area (Å²) in [5.41, 5.74) is 5.07. The highest BCUT2D eigenvalue weighted by atomic mass is 79.9. The minimum Gasteiger partial charge on any atom is -0.317 e. The number of hydrogen-bond donors (Lipinski definition) is 2. The maximum atomic E-state index is 11.5. The zero-order valence-corrected chi connectivity index (χ0v) is 9.04. The van der Waals surface area contributed by atoms with Crippen LogP contribution in [0.4, 0.5) is 5.82 Å². The molecule has 1 amide bonds. The normalized spacial score (nSPS) is 17.6. The largest absolute Gasteiger partial charge is 0.317 e. The minimum atomic E-state index is -0.644. The van der Waals surface area contributed by atoms with Gasteiger partial charge in [0.15, 0.2) is 0 Å². The molecule has 3 N–H and O–H groups in total. The second-order valence-electron chi connectivity index (χ2n) is 3.47. The van der Waals surface area contributed by atoms with Crippen molar-refractivity contribution in [1.82, 2.24) is 4.98 Å². The third kappa shape index (κ3) is 1.93. The zero-order valence-electron chi connectivity index (χ0n) is 7.46. The van der Waals surface area contributed by atoms with Crippen molar-refractivity contribution in [1.29, 1.82) is 0 Å². The van der Waals surface area contributed by atoms with Gasteiger partial charge >= 0.3 is 0 Å². The molecule has 1 aliphatic carbocycles. The first-order valence-corrected chi connectivity index (χ1v) is 5.11. The third-order valence-electron chi connectivity index (χ3n) is 2.21. The van der Waals surface area contributed by atoms with E-state index in [4.69, 9.17) is 5.73 Å². The number of anilines is 1. The predicted octanol–water partition coefficient (Wildman–Crippen LogP) is 1.27. The van der Waals surface area contributed by atoms with Crippen molar-refractivity contribution < 1.29 is 4.79 Å². The molecule has 0 radical (unpaired) electrons. The van der Waals surface area contributed by atoms with Gasteiger partial charge in [-0.15, -0.1) is 0 Å². The number of carbonyl (C=O) groups excluding carboxylic acids is 1. The van der Waals surface area contributed by atoms with Gasteiger partial charge in [-0.3, -0.25) is 4.79 Å². The molecule has 4 nitrogen and oxygen atoms in total. The highest BCUT2D eigenvalue weighted by Gasteiger charge is 2.46. The van der Waals surface area contributed by atoms with Gasteiger partial charge in [-0.25, -0.2) is 4.98 Å². The van der Waals surface area contributed by atoms with Crippen molar-refractivity contribution in [2.75, 3.05) is 5.32 Å². The number of carbonyl (C=O) groups is 1. The molecule has 14 heavy (non-hydrogen) atoms. The molecule has 2 rings (SSSR count). The van der Waals surface area contributed by atoms with Crippen LogP contribution in [0.15, 0.2) is 22.8 Å². The molecular formula is C9H10BrN3O. The fourth-order valence-corrected chi connectivity index (χ4v) is 1.29. The Kier molecular flexibility index (Phi) is 2.28. The van der Waals surface area contributed by atoms with Crippen molar-refractivity contribution in [3.63, 3.8) is 0 Å².